The molecule has 2 bridgehead atoms. The first-order valence-corrected chi connectivity index (χ1v) is 9.35. The van der Waals surface area contributed by atoms with E-state index < -0.39 is 5.82 Å². The number of amides is 1. The zero-order valence-electron chi connectivity index (χ0n) is 13.6. The molecule has 0 radical (unpaired) electrons. The molecule has 1 saturated heterocycles. The predicted molar refractivity (Wildman–Crippen MR) is 93.7 cm³/mol. The lowest BCUT2D eigenvalue weighted by molar-refractivity contribution is 0.102. The van der Waals surface area contributed by atoms with Gasteiger partial charge in [0, 0.05) is 12.3 Å². The van der Waals surface area contributed by atoms with Crippen molar-refractivity contribution in [3.63, 3.8) is 0 Å². The minimum Gasteiger partial charge on any atom is -0.391 e. The Bertz CT molecular complexity index is 521. The van der Waals surface area contributed by atoms with E-state index in [1.54, 1.807) is 6.07 Å². The lowest BCUT2D eigenvalue weighted by Crippen LogP contribution is -2.37. The zero-order valence-corrected chi connectivity index (χ0v) is 14.4. The fourth-order valence-corrected chi connectivity index (χ4v) is 3.35. The van der Waals surface area contributed by atoms with Crippen molar-refractivity contribution in [2.24, 2.45) is 0 Å². The number of anilines is 1. The number of aliphatic hydroxyl groups excluding tert-OH is 1. The number of carbonyl (C=O) groups is 1. The first kappa shape index (κ1) is 18.2. The highest BCUT2D eigenvalue weighted by molar-refractivity contribution is 7.99. The maximum Gasteiger partial charge on any atom is 0.258 e. The van der Waals surface area contributed by atoms with Gasteiger partial charge in [-0.05, 0) is 43.8 Å². The average molecular weight is 340 g/mol. The fraction of sp³-hybridized carbons (Fsp3) is 0.588. The van der Waals surface area contributed by atoms with Crippen LogP contribution in [0.3, 0.4) is 0 Å². The maximum atomic E-state index is 12.8. The number of hydrogen-bond acceptors (Lipinski definition) is 4. The normalized spacial score (nSPS) is 18.1. The van der Waals surface area contributed by atoms with Gasteiger partial charge in [0.2, 0.25) is 0 Å². The third-order valence-electron chi connectivity index (χ3n) is 3.92. The number of halogens is 1. The van der Waals surface area contributed by atoms with E-state index in [1.807, 2.05) is 11.8 Å². The van der Waals surface area contributed by atoms with Gasteiger partial charge in [0.1, 0.15) is 0 Å². The summed E-state index contributed by atoms with van der Waals surface area (Å²) in [7, 11) is 0. The monoisotopic (exact) mass is 340 g/mol. The minimum absolute atomic E-state index is 0.122. The molecule has 0 saturated carbocycles. The van der Waals surface area contributed by atoms with Gasteiger partial charge in [-0.3, -0.25) is 4.79 Å². The van der Waals surface area contributed by atoms with E-state index in [2.05, 4.69) is 17.1 Å². The lowest BCUT2D eigenvalue weighted by atomic mass is 10.1. The molecule has 1 amide bonds. The van der Waals surface area contributed by atoms with E-state index in [0.717, 1.165) is 18.1 Å². The third-order valence-corrected chi connectivity index (χ3v) is 4.95. The molecule has 23 heavy (non-hydrogen) atoms. The first-order chi connectivity index (χ1) is 11.1. The van der Waals surface area contributed by atoms with Gasteiger partial charge in [0.25, 0.3) is 5.91 Å². The van der Waals surface area contributed by atoms with Crippen LogP contribution in [-0.4, -0.2) is 53.2 Å². The molecule has 1 atom stereocenters. The quantitative estimate of drug-likeness (QED) is 0.865. The van der Waals surface area contributed by atoms with Crippen LogP contribution in [-0.2, 0) is 0 Å². The molecule has 0 aromatic heterocycles. The number of nitrogens with zero attached hydrogens (tertiary/aromatic N) is 1. The number of benzene rings is 1. The summed E-state index contributed by atoms with van der Waals surface area (Å²) in [4.78, 5) is 13.2. The second kappa shape index (κ2) is 9.25. The number of carbonyl (C=O) groups excluding carboxylic acids is 1. The van der Waals surface area contributed by atoms with E-state index in [4.69, 9.17) is 0 Å². The van der Waals surface area contributed by atoms with Crippen molar-refractivity contribution in [1.82, 2.24) is 4.90 Å². The third kappa shape index (κ3) is 5.48. The van der Waals surface area contributed by atoms with Crippen molar-refractivity contribution in [2.45, 2.75) is 32.3 Å². The molecule has 6 heteroatoms. The molecule has 1 fully saturated rings. The summed E-state index contributed by atoms with van der Waals surface area (Å²) >= 11 is 1.83. The van der Waals surface area contributed by atoms with E-state index in [9.17, 15) is 14.3 Å². The van der Waals surface area contributed by atoms with Crippen LogP contribution in [0.2, 0.25) is 0 Å². The minimum atomic E-state index is -0.437. The van der Waals surface area contributed by atoms with Gasteiger partial charge in [-0.2, -0.15) is 11.8 Å². The summed E-state index contributed by atoms with van der Waals surface area (Å²) in [5.74, 6) is 1.22. The number of likely N-dealkylation sites (tertiary alicyclic amines) is 1. The number of piperidine rings is 1. The Morgan fingerprint density at radius 2 is 2.09 bits per heavy atom. The van der Waals surface area contributed by atoms with Crippen molar-refractivity contribution in [3.8, 4) is 0 Å². The smallest absolute Gasteiger partial charge is 0.258 e. The predicted octanol–water partition coefficient (Wildman–Crippen LogP) is 2.98. The number of nitrogens with one attached hydrogen (secondary N) is 1. The Morgan fingerprint density at radius 1 is 1.35 bits per heavy atom. The van der Waals surface area contributed by atoms with Crippen LogP contribution in [0.1, 0.15) is 36.5 Å². The standard InChI is InChI=1S/C10H21NOS.C7H4FNO/c1-2-13-9-10(12)8-11-6-4-3-5-7-11;8-6-4-2-1-3-5(6)9-7(4)10/h10,12H,2-9H2,1H3;1-3H,(H,9,10). The Hall–Kier alpha value is -1.11. The first-order valence-electron chi connectivity index (χ1n) is 8.19. The van der Waals surface area contributed by atoms with Crippen LogP contribution in [0.4, 0.5) is 10.1 Å². The molecule has 0 aliphatic carbocycles. The van der Waals surface area contributed by atoms with E-state index in [-0.39, 0.29) is 23.3 Å². The molecular weight excluding hydrogens is 315 g/mol. The summed E-state index contributed by atoms with van der Waals surface area (Å²) in [6.07, 6.45) is 3.88. The van der Waals surface area contributed by atoms with Crippen molar-refractivity contribution >= 4 is 23.4 Å². The summed E-state index contributed by atoms with van der Waals surface area (Å²) in [5, 5.41) is 12.0. The highest BCUT2D eigenvalue weighted by atomic mass is 32.2. The molecule has 128 valence electrons. The largest absolute Gasteiger partial charge is 0.391 e. The average Bonchev–Trinajstić information content (AvgIpc) is 2.72. The Labute approximate surface area is 141 Å². The van der Waals surface area contributed by atoms with Gasteiger partial charge >= 0.3 is 0 Å². The van der Waals surface area contributed by atoms with Gasteiger partial charge in [-0.1, -0.05) is 19.4 Å². The molecule has 2 N–H and O–H groups in total. The van der Waals surface area contributed by atoms with E-state index in [0.29, 0.717) is 0 Å². The summed E-state index contributed by atoms with van der Waals surface area (Å²) in [6, 6.07) is 4.64. The van der Waals surface area contributed by atoms with Gasteiger partial charge in [0.15, 0.2) is 5.82 Å². The molecule has 1 unspecified atom stereocenters. The summed E-state index contributed by atoms with van der Waals surface area (Å²) < 4.78 is 12.8. The van der Waals surface area contributed by atoms with Crippen LogP contribution < -0.4 is 5.32 Å². The molecule has 2 aliphatic heterocycles. The van der Waals surface area contributed by atoms with Gasteiger partial charge in [-0.25, -0.2) is 4.39 Å². The van der Waals surface area contributed by atoms with Gasteiger partial charge in [-0.15, -0.1) is 0 Å². The highest BCUT2D eigenvalue weighted by Crippen LogP contribution is 2.24. The molecular formula is C17H25FN2O2S. The Kier molecular flexibility index (Phi) is 7.33. The van der Waals surface area contributed by atoms with Crippen LogP contribution >= 0.6 is 11.8 Å². The Balaban J connectivity index is 0.000000172. The van der Waals surface area contributed by atoms with E-state index in [1.165, 1.54) is 44.5 Å². The van der Waals surface area contributed by atoms with Crippen LogP contribution in [0.15, 0.2) is 18.2 Å². The fourth-order valence-electron chi connectivity index (χ4n) is 2.74. The van der Waals surface area contributed by atoms with Crippen LogP contribution in [0.5, 0.6) is 0 Å². The summed E-state index contributed by atoms with van der Waals surface area (Å²) in [5.41, 5.74) is 0.417. The number of rotatable bonds is 5. The lowest BCUT2D eigenvalue weighted by Gasteiger charge is -2.28. The number of thioether (sulfide) groups is 1. The van der Waals surface area contributed by atoms with Crippen LogP contribution in [0, 0.1) is 5.82 Å². The van der Waals surface area contributed by atoms with Gasteiger partial charge in [0.05, 0.1) is 17.4 Å². The van der Waals surface area contributed by atoms with Crippen molar-refractivity contribution in [3.05, 3.63) is 29.6 Å². The number of aliphatic hydroxyl groups is 1. The van der Waals surface area contributed by atoms with E-state index >= 15 is 0 Å². The molecule has 3 rings (SSSR count). The topological polar surface area (TPSA) is 52.6 Å². The zero-order chi connectivity index (χ0) is 16.7. The van der Waals surface area contributed by atoms with Crippen molar-refractivity contribution in [1.29, 1.82) is 0 Å². The number of hydrogen-bond donors (Lipinski definition) is 2. The molecule has 1 aromatic carbocycles. The molecule has 0 spiro atoms. The SMILES string of the molecule is CCSCC(O)CN1CCCCC1.O=C1Nc2cccc1c2F. The van der Waals surface area contributed by atoms with Crippen molar-refractivity contribution in [2.75, 3.05) is 36.5 Å². The molecule has 2 aliphatic rings. The highest BCUT2D eigenvalue weighted by Gasteiger charge is 2.22. The van der Waals surface area contributed by atoms with Crippen LogP contribution in [0.25, 0.3) is 0 Å². The summed E-state index contributed by atoms with van der Waals surface area (Å²) in [6.45, 7) is 5.40. The van der Waals surface area contributed by atoms with Gasteiger partial charge < -0.3 is 15.3 Å². The molecule has 4 nitrogen and oxygen atoms in total. The van der Waals surface area contributed by atoms with Crippen molar-refractivity contribution < 1.29 is 14.3 Å². The second-order valence-electron chi connectivity index (χ2n) is 5.80. The Morgan fingerprint density at radius 3 is 2.70 bits per heavy atom. The molecule has 2 heterocycles. The molecule has 1 aromatic rings. The maximum absolute atomic E-state index is 12.8. The second-order valence-corrected chi connectivity index (χ2v) is 7.11. The number of β-amino-alcohol motifs (C(OH)–C–C–N with tert-alkyl or cyclic N) is 1. The number of fused-ring (bicyclic) bond motifs is 2.